The van der Waals surface area contributed by atoms with Crippen molar-refractivity contribution in [2.75, 3.05) is 0 Å². The lowest BCUT2D eigenvalue weighted by atomic mass is 10.1. The fraction of sp³-hybridized carbons (Fsp3) is 0.500. The van der Waals surface area contributed by atoms with Crippen LogP contribution in [0.3, 0.4) is 0 Å². The molecule has 1 fully saturated rings. The molecule has 3 rings (SSSR count). The van der Waals surface area contributed by atoms with E-state index in [9.17, 15) is 8.42 Å². The summed E-state index contributed by atoms with van der Waals surface area (Å²) in [6.45, 7) is 3.84. The van der Waals surface area contributed by atoms with Crippen molar-refractivity contribution in [3.05, 3.63) is 41.0 Å². The summed E-state index contributed by atoms with van der Waals surface area (Å²) in [6.07, 6.45) is 6.99. The lowest BCUT2D eigenvalue weighted by Crippen LogP contribution is -2.25. The first-order valence-corrected chi connectivity index (χ1v) is 9.84. The Hall–Kier alpha value is -1.62. The summed E-state index contributed by atoms with van der Waals surface area (Å²) < 4.78 is 27.7. The standard InChI is InChI=1S/C18H24N2O2S/c1-13-9-11-15(12-10-13)17-14(2)18(20-23(17,21)22)19-16-7-5-3-4-6-8-16/h9-12,16H,3-8H2,1-2H3,(H,19,20). The topological polar surface area (TPSA) is 58.5 Å². The Morgan fingerprint density at radius 2 is 1.61 bits per heavy atom. The highest BCUT2D eigenvalue weighted by Gasteiger charge is 2.33. The number of rotatable bonds is 2. The summed E-state index contributed by atoms with van der Waals surface area (Å²) in [5.41, 5.74) is 2.58. The van der Waals surface area contributed by atoms with Gasteiger partial charge in [-0.3, -0.25) is 9.71 Å². The van der Waals surface area contributed by atoms with Gasteiger partial charge in [-0.05, 0) is 32.3 Å². The SMILES string of the molecule is CC1=C(c2ccc(C)cc2)S(=O)(=O)NC1=NC1CCCCCC1. The van der Waals surface area contributed by atoms with E-state index in [0.717, 1.165) is 29.5 Å². The van der Waals surface area contributed by atoms with Gasteiger partial charge in [0.05, 0.1) is 6.04 Å². The molecule has 2 aliphatic rings. The number of nitrogens with zero attached hydrogens (tertiary/aromatic N) is 1. The summed E-state index contributed by atoms with van der Waals surface area (Å²) in [4.78, 5) is 5.10. The third-order valence-corrected chi connectivity index (χ3v) is 6.19. The van der Waals surface area contributed by atoms with Crippen LogP contribution in [0, 0.1) is 6.92 Å². The Kier molecular flexibility index (Phi) is 4.57. The maximum atomic E-state index is 12.5. The zero-order chi connectivity index (χ0) is 16.4. The van der Waals surface area contributed by atoms with Crippen LogP contribution < -0.4 is 4.72 Å². The van der Waals surface area contributed by atoms with E-state index in [-0.39, 0.29) is 6.04 Å². The van der Waals surface area contributed by atoms with Gasteiger partial charge in [-0.2, -0.15) is 0 Å². The molecular weight excluding hydrogens is 308 g/mol. The molecule has 0 bridgehead atoms. The van der Waals surface area contributed by atoms with Crippen molar-refractivity contribution in [1.82, 2.24) is 4.72 Å². The third-order valence-electron chi connectivity index (χ3n) is 4.65. The van der Waals surface area contributed by atoms with Crippen LogP contribution in [0.1, 0.15) is 56.6 Å². The molecule has 1 heterocycles. The predicted molar refractivity (Wildman–Crippen MR) is 94.8 cm³/mol. The average molecular weight is 332 g/mol. The Labute approximate surface area is 138 Å². The summed E-state index contributed by atoms with van der Waals surface area (Å²) in [5, 5.41) is 0. The molecular formula is C18H24N2O2S. The molecule has 0 aromatic heterocycles. The van der Waals surface area contributed by atoms with Gasteiger partial charge < -0.3 is 0 Å². The normalized spacial score (nSPS) is 23.8. The molecule has 1 N–H and O–H groups in total. The minimum absolute atomic E-state index is 0.238. The van der Waals surface area contributed by atoms with Gasteiger partial charge in [-0.1, -0.05) is 55.5 Å². The molecule has 1 aliphatic carbocycles. The van der Waals surface area contributed by atoms with Crippen LogP contribution in [0.2, 0.25) is 0 Å². The molecule has 1 aromatic rings. The molecule has 0 spiro atoms. The van der Waals surface area contributed by atoms with Gasteiger partial charge in [0.25, 0.3) is 10.0 Å². The van der Waals surface area contributed by atoms with Crippen molar-refractivity contribution in [2.24, 2.45) is 4.99 Å². The van der Waals surface area contributed by atoms with E-state index in [1.54, 1.807) is 0 Å². The fourth-order valence-corrected chi connectivity index (χ4v) is 4.84. The monoisotopic (exact) mass is 332 g/mol. The Bertz CT molecular complexity index is 738. The molecule has 0 saturated heterocycles. The van der Waals surface area contributed by atoms with Crippen molar-refractivity contribution < 1.29 is 8.42 Å². The molecule has 1 aliphatic heterocycles. The predicted octanol–water partition coefficient (Wildman–Crippen LogP) is 3.78. The highest BCUT2D eigenvalue weighted by Crippen LogP contribution is 2.31. The molecule has 0 atom stereocenters. The molecule has 0 unspecified atom stereocenters. The van der Waals surface area contributed by atoms with Crippen LogP contribution in [0.25, 0.3) is 4.91 Å². The fourth-order valence-electron chi connectivity index (χ4n) is 3.33. The Morgan fingerprint density at radius 3 is 2.22 bits per heavy atom. The minimum atomic E-state index is -3.51. The molecule has 4 nitrogen and oxygen atoms in total. The highest BCUT2D eigenvalue weighted by molar-refractivity contribution is 8.00. The molecule has 1 saturated carbocycles. The molecule has 0 amide bonds. The Morgan fingerprint density at radius 1 is 1.00 bits per heavy atom. The van der Waals surface area contributed by atoms with Crippen LogP contribution in [-0.2, 0) is 10.0 Å². The van der Waals surface area contributed by atoms with Crippen molar-refractivity contribution in [2.45, 2.75) is 58.4 Å². The second-order valence-corrected chi connectivity index (χ2v) is 8.17. The van der Waals surface area contributed by atoms with Gasteiger partial charge in [0.1, 0.15) is 10.7 Å². The van der Waals surface area contributed by atoms with Gasteiger partial charge in [0.15, 0.2) is 0 Å². The maximum absolute atomic E-state index is 12.5. The van der Waals surface area contributed by atoms with E-state index in [1.165, 1.54) is 25.7 Å². The van der Waals surface area contributed by atoms with E-state index in [0.29, 0.717) is 10.7 Å². The van der Waals surface area contributed by atoms with Crippen LogP contribution in [0.4, 0.5) is 0 Å². The summed E-state index contributed by atoms with van der Waals surface area (Å²) in [7, 11) is -3.51. The van der Waals surface area contributed by atoms with E-state index in [1.807, 2.05) is 38.1 Å². The smallest absolute Gasteiger partial charge is 0.264 e. The number of benzene rings is 1. The molecule has 0 radical (unpaired) electrons. The number of hydrogen-bond acceptors (Lipinski definition) is 3. The number of aryl methyl sites for hydroxylation is 1. The lowest BCUT2D eigenvalue weighted by Gasteiger charge is -2.10. The third kappa shape index (κ3) is 3.50. The number of hydrogen-bond donors (Lipinski definition) is 1. The van der Waals surface area contributed by atoms with E-state index in [4.69, 9.17) is 4.99 Å². The van der Waals surface area contributed by atoms with E-state index >= 15 is 0 Å². The highest BCUT2D eigenvalue weighted by atomic mass is 32.2. The summed E-state index contributed by atoms with van der Waals surface area (Å²) in [6, 6.07) is 7.84. The van der Waals surface area contributed by atoms with E-state index < -0.39 is 10.0 Å². The van der Waals surface area contributed by atoms with Crippen molar-refractivity contribution in [3.8, 4) is 0 Å². The molecule has 23 heavy (non-hydrogen) atoms. The largest absolute Gasteiger partial charge is 0.264 e. The minimum Gasteiger partial charge on any atom is -0.264 e. The van der Waals surface area contributed by atoms with Gasteiger partial charge in [-0.25, -0.2) is 8.42 Å². The zero-order valence-corrected chi connectivity index (χ0v) is 14.6. The lowest BCUT2D eigenvalue weighted by molar-refractivity contribution is 0.583. The number of aliphatic imine (C=N–C) groups is 1. The van der Waals surface area contributed by atoms with Crippen molar-refractivity contribution in [3.63, 3.8) is 0 Å². The van der Waals surface area contributed by atoms with Gasteiger partial charge in [0, 0.05) is 5.57 Å². The molecule has 124 valence electrons. The zero-order valence-electron chi connectivity index (χ0n) is 13.8. The van der Waals surface area contributed by atoms with Gasteiger partial charge in [0.2, 0.25) is 0 Å². The first-order valence-electron chi connectivity index (χ1n) is 8.36. The van der Waals surface area contributed by atoms with Crippen LogP contribution in [-0.4, -0.2) is 20.3 Å². The summed E-state index contributed by atoms with van der Waals surface area (Å²) >= 11 is 0. The average Bonchev–Trinajstić information content (AvgIpc) is 2.69. The maximum Gasteiger partial charge on any atom is 0.264 e. The quantitative estimate of drug-likeness (QED) is 0.838. The first-order chi connectivity index (χ1) is 11.0. The van der Waals surface area contributed by atoms with Crippen LogP contribution in [0.5, 0.6) is 0 Å². The first kappa shape index (κ1) is 16.2. The molecule has 5 heteroatoms. The van der Waals surface area contributed by atoms with Gasteiger partial charge >= 0.3 is 0 Å². The number of nitrogens with one attached hydrogen (secondary N) is 1. The number of amidine groups is 1. The van der Waals surface area contributed by atoms with E-state index in [2.05, 4.69) is 4.72 Å². The van der Waals surface area contributed by atoms with Crippen LogP contribution >= 0.6 is 0 Å². The van der Waals surface area contributed by atoms with Gasteiger partial charge in [-0.15, -0.1) is 0 Å². The Balaban J connectivity index is 1.96. The van der Waals surface area contributed by atoms with Crippen molar-refractivity contribution >= 4 is 20.8 Å². The van der Waals surface area contributed by atoms with Crippen LogP contribution in [0.15, 0.2) is 34.8 Å². The van der Waals surface area contributed by atoms with Crippen molar-refractivity contribution in [1.29, 1.82) is 0 Å². The number of sulfonamides is 1. The second kappa shape index (κ2) is 6.48. The second-order valence-electron chi connectivity index (χ2n) is 6.55. The summed E-state index contributed by atoms with van der Waals surface area (Å²) in [5.74, 6) is 0.535. The molecule has 1 aromatic carbocycles.